The molecule has 6 heteroatoms. The Kier molecular flexibility index (Phi) is 3.53. The van der Waals surface area contributed by atoms with Crippen LogP contribution in [0.3, 0.4) is 0 Å². The maximum Gasteiger partial charge on any atom is 0.180 e. The Morgan fingerprint density at radius 3 is 2.85 bits per heavy atom. The van der Waals surface area contributed by atoms with E-state index in [1.54, 1.807) is 12.4 Å². The molecule has 0 unspecified atom stereocenters. The summed E-state index contributed by atoms with van der Waals surface area (Å²) in [5.74, 6) is 5.07. The van der Waals surface area contributed by atoms with Crippen molar-refractivity contribution in [1.82, 2.24) is 20.7 Å². The van der Waals surface area contributed by atoms with Crippen LogP contribution in [0, 0.1) is 6.92 Å². The van der Waals surface area contributed by atoms with Crippen LogP contribution in [0.2, 0.25) is 0 Å². The highest BCUT2D eigenvalue weighted by molar-refractivity contribution is 7.80. The standard InChI is InChI=1S/C7H11N5S/c1-5-2-10-6(3-9-5)4-11-7(13)12-8/h2-3H,4,8H2,1H3,(H2,11,12,13). The third-order valence-electron chi connectivity index (χ3n) is 1.40. The van der Waals surface area contributed by atoms with Crippen LogP contribution in [0.5, 0.6) is 0 Å². The van der Waals surface area contributed by atoms with Gasteiger partial charge in [0.1, 0.15) is 0 Å². The molecule has 0 amide bonds. The van der Waals surface area contributed by atoms with Gasteiger partial charge >= 0.3 is 0 Å². The van der Waals surface area contributed by atoms with E-state index in [1.165, 1.54) is 0 Å². The molecule has 0 aliphatic carbocycles. The first kappa shape index (κ1) is 9.82. The molecule has 70 valence electrons. The summed E-state index contributed by atoms with van der Waals surface area (Å²) in [4.78, 5) is 8.22. The largest absolute Gasteiger partial charge is 0.356 e. The minimum Gasteiger partial charge on any atom is -0.356 e. The van der Waals surface area contributed by atoms with Gasteiger partial charge in [-0.2, -0.15) is 0 Å². The van der Waals surface area contributed by atoms with Crippen LogP contribution in [0.15, 0.2) is 12.4 Å². The van der Waals surface area contributed by atoms with Gasteiger partial charge in [-0.05, 0) is 19.1 Å². The predicted octanol–water partition coefficient (Wildman–Crippen LogP) is -0.377. The molecule has 0 aromatic carbocycles. The summed E-state index contributed by atoms with van der Waals surface area (Å²) >= 11 is 4.78. The second-order valence-electron chi connectivity index (χ2n) is 2.48. The molecule has 0 atom stereocenters. The first-order chi connectivity index (χ1) is 6.22. The number of aromatic nitrogens is 2. The fourth-order valence-corrected chi connectivity index (χ4v) is 0.805. The van der Waals surface area contributed by atoms with Crippen molar-refractivity contribution in [2.24, 2.45) is 5.84 Å². The van der Waals surface area contributed by atoms with Gasteiger partial charge in [-0.25, -0.2) is 5.84 Å². The topological polar surface area (TPSA) is 75.9 Å². The average Bonchev–Trinajstić information content (AvgIpc) is 2.16. The van der Waals surface area contributed by atoms with Gasteiger partial charge in [-0.1, -0.05) is 0 Å². The van der Waals surface area contributed by atoms with Crippen molar-refractivity contribution < 1.29 is 0 Å². The van der Waals surface area contributed by atoms with Gasteiger partial charge in [0.2, 0.25) is 0 Å². The lowest BCUT2D eigenvalue weighted by atomic mass is 10.4. The van der Waals surface area contributed by atoms with Crippen molar-refractivity contribution in [2.75, 3.05) is 0 Å². The third kappa shape index (κ3) is 3.30. The number of hydrogen-bond donors (Lipinski definition) is 3. The van der Waals surface area contributed by atoms with Gasteiger partial charge in [-0.3, -0.25) is 9.97 Å². The van der Waals surface area contributed by atoms with Crippen LogP contribution in [-0.2, 0) is 6.54 Å². The average molecular weight is 197 g/mol. The fraction of sp³-hybridized carbons (Fsp3) is 0.286. The highest BCUT2D eigenvalue weighted by Crippen LogP contribution is 1.92. The molecule has 0 aliphatic heterocycles. The summed E-state index contributed by atoms with van der Waals surface area (Å²) in [6, 6.07) is 0. The molecule has 1 aromatic rings. The van der Waals surface area contributed by atoms with Crippen molar-refractivity contribution in [1.29, 1.82) is 0 Å². The van der Waals surface area contributed by atoms with Gasteiger partial charge < -0.3 is 10.7 Å². The van der Waals surface area contributed by atoms with Crippen LogP contribution >= 0.6 is 12.2 Å². The van der Waals surface area contributed by atoms with E-state index < -0.39 is 0 Å². The Labute approximate surface area is 81.7 Å². The minimum atomic E-state index is 0.391. The molecular formula is C7H11N5S. The lowest BCUT2D eigenvalue weighted by molar-refractivity contribution is 0.828. The zero-order valence-electron chi connectivity index (χ0n) is 7.24. The van der Waals surface area contributed by atoms with Gasteiger partial charge in [0.15, 0.2) is 5.11 Å². The summed E-state index contributed by atoms with van der Waals surface area (Å²) in [5, 5.41) is 3.25. The smallest absolute Gasteiger partial charge is 0.180 e. The summed E-state index contributed by atoms with van der Waals surface area (Å²) in [7, 11) is 0. The van der Waals surface area contributed by atoms with Crippen LogP contribution in [0.1, 0.15) is 11.4 Å². The van der Waals surface area contributed by atoms with Crippen molar-refractivity contribution in [3.05, 3.63) is 23.8 Å². The molecule has 0 fully saturated rings. The molecule has 13 heavy (non-hydrogen) atoms. The third-order valence-corrected chi connectivity index (χ3v) is 1.66. The minimum absolute atomic E-state index is 0.391. The number of aryl methyl sites for hydroxylation is 1. The van der Waals surface area contributed by atoms with E-state index in [0.717, 1.165) is 11.4 Å². The van der Waals surface area contributed by atoms with Crippen molar-refractivity contribution in [3.63, 3.8) is 0 Å². The summed E-state index contributed by atoms with van der Waals surface area (Å²) < 4.78 is 0. The summed E-state index contributed by atoms with van der Waals surface area (Å²) in [6.45, 7) is 2.41. The van der Waals surface area contributed by atoms with E-state index in [4.69, 9.17) is 18.1 Å². The number of nitrogens with one attached hydrogen (secondary N) is 2. The molecule has 0 spiro atoms. The maximum atomic E-state index is 5.07. The number of thiocarbonyl (C=S) groups is 1. The lowest BCUT2D eigenvalue weighted by Crippen LogP contribution is -2.39. The normalized spacial score (nSPS) is 9.38. The van der Waals surface area contributed by atoms with Crippen molar-refractivity contribution in [3.8, 4) is 0 Å². The molecule has 5 nitrogen and oxygen atoms in total. The first-order valence-corrected chi connectivity index (χ1v) is 4.15. The molecule has 4 N–H and O–H groups in total. The van der Waals surface area contributed by atoms with Crippen LogP contribution in [-0.4, -0.2) is 15.1 Å². The van der Waals surface area contributed by atoms with Crippen LogP contribution in [0.4, 0.5) is 0 Å². The maximum absolute atomic E-state index is 5.07. The number of rotatable bonds is 2. The van der Waals surface area contributed by atoms with Gasteiger partial charge in [0, 0.05) is 6.20 Å². The number of nitrogens with two attached hydrogens (primary N) is 1. The second-order valence-corrected chi connectivity index (χ2v) is 2.88. The number of hydrazine groups is 1. The Morgan fingerprint density at radius 2 is 2.31 bits per heavy atom. The number of hydrogen-bond acceptors (Lipinski definition) is 4. The zero-order valence-corrected chi connectivity index (χ0v) is 8.06. The van der Waals surface area contributed by atoms with E-state index in [-0.39, 0.29) is 0 Å². The Hall–Kier alpha value is -1.27. The van der Waals surface area contributed by atoms with E-state index in [1.807, 2.05) is 6.92 Å². The quantitative estimate of drug-likeness (QED) is 0.341. The van der Waals surface area contributed by atoms with Crippen molar-refractivity contribution >= 4 is 17.3 Å². The van der Waals surface area contributed by atoms with E-state index in [9.17, 15) is 0 Å². The lowest BCUT2D eigenvalue weighted by Gasteiger charge is -2.05. The molecule has 1 rings (SSSR count). The molecule has 0 saturated carbocycles. The summed E-state index contributed by atoms with van der Waals surface area (Å²) in [5.41, 5.74) is 4.03. The van der Waals surface area contributed by atoms with E-state index >= 15 is 0 Å². The summed E-state index contributed by atoms with van der Waals surface area (Å²) in [6.07, 6.45) is 3.40. The highest BCUT2D eigenvalue weighted by Gasteiger charge is 1.95. The Balaban J connectivity index is 2.46. The SMILES string of the molecule is Cc1cnc(CNC(=S)NN)cn1. The monoisotopic (exact) mass is 197 g/mol. The van der Waals surface area contributed by atoms with E-state index in [0.29, 0.717) is 11.7 Å². The molecule has 0 radical (unpaired) electrons. The van der Waals surface area contributed by atoms with Gasteiger partial charge in [0.25, 0.3) is 0 Å². The first-order valence-electron chi connectivity index (χ1n) is 3.74. The van der Waals surface area contributed by atoms with Crippen molar-refractivity contribution in [2.45, 2.75) is 13.5 Å². The fourth-order valence-electron chi connectivity index (χ4n) is 0.732. The second kappa shape index (κ2) is 4.68. The van der Waals surface area contributed by atoms with Gasteiger partial charge in [-0.15, -0.1) is 0 Å². The molecule has 0 saturated heterocycles. The Morgan fingerprint density at radius 1 is 1.54 bits per heavy atom. The van der Waals surface area contributed by atoms with Gasteiger partial charge in [0.05, 0.1) is 24.1 Å². The van der Waals surface area contributed by atoms with E-state index in [2.05, 4.69) is 20.7 Å². The Bertz CT molecular complexity index is 283. The highest BCUT2D eigenvalue weighted by atomic mass is 32.1. The van der Waals surface area contributed by atoms with Crippen LogP contribution < -0.4 is 16.6 Å². The molecular weight excluding hydrogens is 186 g/mol. The zero-order chi connectivity index (χ0) is 9.68. The van der Waals surface area contributed by atoms with Crippen LogP contribution in [0.25, 0.3) is 0 Å². The molecule has 0 bridgehead atoms. The molecule has 1 aromatic heterocycles. The molecule has 0 aliphatic rings. The number of nitrogens with zero attached hydrogens (tertiary/aromatic N) is 2. The predicted molar refractivity (Wildman–Crippen MR) is 53.5 cm³/mol. The molecule has 1 heterocycles.